The van der Waals surface area contributed by atoms with Gasteiger partial charge in [-0.3, -0.25) is 4.79 Å². The minimum absolute atomic E-state index is 0.0695. The van der Waals surface area contributed by atoms with Gasteiger partial charge in [0.1, 0.15) is 24.1 Å². The smallest absolute Gasteiger partial charge is 0.229 e. The number of hydrogen-bond acceptors (Lipinski definition) is 7. The highest BCUT2D eigenvalue weighted by Crippen LogP contribution is 2.37. The third-order valence-electron chi connectivity index (χ3n) is 5.80. The summed E-state index contributed by atoms with van der Waals surface area (Å²) in [6, 6.07) is 13.8. The van der Waals surface area contributed by atoms with Gasteiger partial charge in [-0.05, 0) is 61.4 Å². The molecular formula is C25H33NO6S. The molecule has 8 heteroatoms. The third-order valence-corrected chi connectivity index (χ3v) is 6.59. The second-order valence-electron chi connectivity index (χ2n) is 8.60. The average Bonchev–Trinajstić information content (AvgIpc) is 2.78. The van der Waals surface area contributed by atoms with E-state index in [9.17, 15) is 15.0 Å². The van der Waals surface area contributed by atoms with Gasteiger partial charge in [0, 0.05) is 25.5 Å². The van der Waals surface area contributed by atoms with E-state index < -0.39 is 30.2 Å². The van der Waals surface area contributed by atoms with Crippen LogP contribution >= 0.6 is 11.8 Å². The summed E-state index contributed by atoms with van der Waals surface area (Å²) in [4.78, 5) is 12.4. The molecular weight excluding hydrogens is 442 g/mol. The van der Waals surface area contributed by atoms with Crippen LogP contribution in [0, 0.1) is 0 Å². The summed E-state index contributed by atoms with van der Waals surface area (Å²) < 4.78 is 17.3. The molecule has 1 aliphatic rings. The quantitative estimate of drug-likeness (QED) is 0.505. The summed E-state index contributed by atoms with van der Waals surface area (Å²) in [5.74, 6) is 0.437. The Labute approximate surface area is 199 Å². The molecule has 1 saturated heterocycles. The van der Waals surface area contributed by atoms with Crippen LogP contribution < -0.4 is 10.1 Å². The standard InChI is InChI=1S/C25H33NO6S/c1-15(27)26-13-12-16-10-11-17(14-19(16)18-8-6-7-9-20(18)33-5)31-24-22(29)21(28)23(30-4)25(2,3)32-24/h6-11,14,21-24,28-29H,12-13H2,1-5H3,(H,26,27)/t21-,22+,23?,24?/m0/s1. The maximum absolute atomic E-state index is 11.3. The van der Waals surface area contributed by atoms with E-state index in [-0.39, 0.29) is 5.91 Å². The highest BCUT2D eigenvalue weighted by Gasteiger charge is 2.50. The molecule has 1 amide bonds. The summed E-state index contributed by atoms with van der Waals surface area (Å²) >= 11 is 1.65. The van der Waals surface area contributed by atoms with Crippen molar-refractivity contribution in [3.8, 4) is 16.9 Å². The van der Waals surface area contributed by atoms with Crippen molar-refractivity contribution in [3.05, 3.63) is 48.0 Å². The molecule has 0 spiro atoms. The minimum Gasteiger partial charge on any atom is -0.462 e. The number of hydrogen-bond donors (Lipinski definition) is 3. The maximum atomic E-state index is 11.3. The first kappa shape index (κ1) is 25.5. The van der Waals surface area contributed by atoms with Crippen LogP contribution in [-0.2, 0) is 20.7 Å². The Balaban J connectivity index is 1.93. The van der Waals surface area contributed by atoms with Crippen molar-refractivity contribution in [2.45, 2.75) is 62.3 Å². The Bertz CT molecular complexity index is 966. The van der Waals surface area contributed by atoms with E-state index in [4.69, 9.17) is 14.2 Å². The predicted molar refractivity (Wildman–Crippen MR) is 128 cm³/mol. The monoisotopic (exact) mass is 475 g/mol. The van der Waals surface area contributed by atoms with Crippen LogP contribution in [-0.4, -0.2) is 66.2 Å². The molecule has 3 N–H and O–H groups in total. The highest BCUT2D eigenvalue weighted by molar-refractivity contribution is 7.98. The lowest BCUT2D eigenvalue weighted by atomic mass is 9.89. The molecule has 0 bridgehead atoms. The number of rotatable bonds is 8. The van der Waals surface area contributed by atoms with Gasteiger partial charge in [0.25, 0.3) is 0 Å². The molecule has 0 aromatic heterocycles. The fraction of sp³-hybridized carbons (Fsp3) is 0.480. The van der Waals surface area contributed by atoms with E-state index in [2.05, 4.69) is 17.4 Å². The maximum Gasteiger partial charge on any atom is 0.229 e. The molecule has 2 unspecified atom stereocenters. The van der Waals surface area contributed by atoms with Crippen LogP contribution in [0.4, 0.5) is 0 Å². The van der Waals surface area contributed by atoms with Crippen LogP contribution in [0.15, 0.2) is 47.4 Å². The number of methoxy groups -OCH3 is 1. The van der Waals surface area contributed by atoms with Gasteiger partial charge in [-0.1, -0.05) is 24.3 Å². The molecule has 1 aliphatic heterocycles. The fourth-order valence-corrected chi connectivity index (χ4v) is 4.79. The molecule has 33 heavy (non-hydrogen) atoms. The summed E-state index contributed by atoms with van der Waals surface area (Å²) in [7, 11) is 1.47. The molecule has 0 radical (unpaired) electrons. The average molecular weight is 476 g/mol. The van der Waals surface area contributed by atoms with Crippen LogP contribution in [0.3, 0.4) is 0 Å². The number of aliphatic hydroxyl groups is 2. The van der Waals surface area contributed by atoms with Crippen molar-refractivity contribution < 1.29 is 29.2 Å². The van der Waals surface area contributed by atoms with Gasteiger partial charge >= 0.3 is 0 Å². The van der Waals surface area contributed by atoms with Crippen molar-refractivity contribution in [1.29, 1.82) is 0 Å². The normalized spacial score (nSPS) is 24.3. The molecule has 2 aromatic rings. The topological polar surface area (TPSA) is 97.3 Å². The van der Waals surface area contributed by atoms with Crippen LogP contribution in [0.5, 0.6) is 5.75 Å². The number of nitrogens with one attached hydrogen (secondary N) is 1. The van der Waals surface area contributed by atoms with Crippen molar-refractivity contribution >= 4 is 17.7 Å². The summed E-state index contributed by atoms with van der Waals surface area (Å²) in [5.41, 5.74) is 2.23. The number of carbonyl (C=O) groups is 1. The zero-order chi connectivity index (χ0) is 24.2. The Kier molecular flexibility index (Phi) is 8.42. The zero-order valence-electron chi connectivity index (χ0n) is 19.7. The number of amides is 1. The molecule has 4 atom stereocenters. The van der Waals surface area contributed by atoms with E-state index >= 15 is 0 Å². The molecule has 3 rings (SSSR count). The van der Waals surface area contributed by atoms with Gasteiger partial charge in [-0.15, -0.1) is 11.8 Å². The molecule has 7 nitrogen and oxygen atoms in total. The lowest BCUT2D eigenvalue weighted by molar-refractivity contribution is -0.305. The van der Waals surface area contributed by atoms with Crippen LogP contribution in [0.25, 0.3) is 11.1 Å². The first-order valence-corrected chi connectivity index (χ1v) is 12.1. The second kappa shape index (κ2) is 10.9. The fourth-order valence-electron chi connectivity index (χ4n) is 4.18. The molecule has 0 saturated carbocycles. The van der Waals surface area contributed by atoms with E-state index in [1.54, 1.807) is 25.6 Å². The van der Waals surface area contributed by atoms with Gasteiger partial charge in [0.05, 0.1) is 5.60 Å². The Morgan fingerprint density at radius 2 is 1.88 bits per heavy atom. The minimum atomic E-state index is -1.27. The number of benzene rings is 2. The first-order chi connectivity index (χ1) is 15.7. The molecule has 0 aliphatic carbocycles. The SMILES string of the molecule is COC1[C@@H](O)[C@@H](O)C(Oc2ccc(CCNC(C)=O)c(-c3ccccc3SC)c2)OC1(C)C. The van der Waals surface area contributed by atoms with Crippen molar-refractivity contribution in [3.63, 3.8) is 0 Å². The van der Waals surface area contributed by atoms with E-state index in [0.717, 1.165) is 21.6 Å². The van der Waals surface area contributed by atoms with Crippen molar-refractivity contribution in [2.75, 3.05) is 19.9 Å². The van der Waals surface area contributed by atoms with Gasteiger partial charge in [-0.25, -0.2) is 0 Å². The number of ether oxygens (including phenoxy) is 3. The molecule has 1 fully saturated rings. The van der Waals surface area contributed by atoms with Gasteiger partial charge in [0.15, 0.2) is 0 Å². The molecule has 2 aromatic carbocycles. The Morgan fingerprint density at radius 3 is 2.55 bits per heavy atom. The highest BCUT2D eigenvalue weighted by atomic mass is 32.2. The van der Waals surface area contributed by atoms with Gasteiger partial charge in [-0.2, -0.15) is 0 Å². The van der Waals surface area contributed by atoms with Crippen molar-refractivity contribution in [1.82, 2.24) is 5.32 Å². The van der Waals surface area contributed by atoms with E-state index in [0.29, 0.717) is 18.7 Å². The molecule has 1 heterocycles. The van der Waals surface area contributed by atoms with Gasteiger partial charge in [0.2, 0.25) is 12.2 Å². The number of thioether (sulfide) groups is 1. The number of aliphatic hydroxyl groups excluding tert-OH is 2. The Morgan fingerprint density at radius 1 is 1.15 bits per heavy atom. The van der Waals surface area contributed by atoms with E-state index in [1.807, 2.05) is 36.6 Å². The molecule has 180 valence electrons. The lowest BCUT2D eigenvalue weighted by Crippen LogP contribution is -2.63. The lowest BCUT2D eigenvalue weighted by Gasteiger charge is -2.46. The second-order valence-corrected chi connectivity index (χ2v) is 9.45. The van der Waals surface area contributed by atoms with Crippen molar-refractivity contribution in [2.24, 2.45) is 0 Å². The zero-order valence-corrected chi connectivity index (χ0v) is 20.5. The van der Waals surface area contributed by atoms with Gasteiger partial charge < -0.3 is 29.7 Å². The van der Waals surface area contributed by atoms with Crippen LogP contribution in [0.2, 0.25) is 0 Å². The Hall–Kier alpha value is -2.10. The van der Waals surface area contributed by atoms with Crippen LogP contribution in [0.1, 0.15) is 26.3 Å². The predicted octanol–water partition coefficient (Wildman–Crippen LogP) is 3.00. The summed E-state index contributed by atoms with van der Waals surface area (Å²) in [6.07, 6.45) is -1.50. The summed E-state index contributed by atoms with van der Waals surface area (Å²) in [6.45, 7) is 5.60. The van der Waals surface area contributed by atoms with E-state index in [1.165, 1.54) is 14.0 Å². The number of carbonyl (C=O) groups excluding carboxylic acids is 1. The first-order valence-electron chi connectivity index (χ1n) is 10.9. The largest absolute Gasteiger partial charge is 0.462 e. The third kappa shape index (κ3) is 5.88. The summed E-state index contributed by atoms with van der Waals surface area (Å²) in [5, 5.41) is 24.0.